The van der Waals surface area contributed by atoms with E-state index in [1.165, 1.54) is 24.3 Å². The first-order valence-electron chi connectivity index (χ1n) is 8.82. The van der Waals surface area contributed by atoms with Crippen molar-refractivity contribution >= 4 is 11.4 Å². The molecule has 3 aromatic rings. The predicted molar refractivity (Wildman–Crippen MR) is 102 cm³/mol. The van der Waals surface area contributed by atoms with Crippen LogP contribution in [0.25, 0.3) is 0 Å². The van der Waals surface area contributed by atoms with E-state index < -0.39 is 9.85 Å². The zero-order chi connectivity index (χ0) is 20.4. The number of non-ortho nitro benzene ring substituents is 1. The number of ether oxygens (including phenoxy) is 2. The van der Waals surface area contributed by atoms with Gasteiger partial charge in [-0.3, -0.25) is 20.2 Å². The summed E-state index contributed by atoms with van der Waals surface area (Å²) in [6.07, 6.45) is 2.45. The van der Waals surface area contributed by atoms with Gasteiger partial charge in [-0.1, -0.05) is 0 Å². The standard InChI is InChI=1S/C20H15N3O6/c24-22(25)15-4-1-13(2-5-15)18-8-3-14-11-17(7-9-19(14)29-18)28-20-10-6-16(12-21-20)23(26)27/h1-2,4-7,9-12,18H,3,8H2. The third kappa shape index (κ3) is 3.98. The molecule has 0 spiro atoms. The largest absolute Gasteiger partial charge is 0.485 e. The van der Waals surface area contributed by atoms with Gasteiger partial charge in [-0.05, 0) is 54.3 Å². The maximum absolute atomic E-state index is 10.8. The normalized spacial score (nSPS) is 15.1. The zero-order valence-electron chi connectivity index (χ0n) is 15.1. The van der Waals surface area contributed by atoms with E-state index in [2.05, 4.69) is 4.98 Å². The lowest BCUT2D eigenvalue weighted by atomic mass is 9.97. The Morgan fingerprint density at radius 2 is 1.69 bits per heavy atom. The number of nitro benzene ring substituents is 1. The highest BCUT2D eigenvalue weighted by Gasteiger charge is 2.22. The van der Waals surface area contributed by atoms with Gasteiger partial charge in [0.2, 0.25) is 5.88 Å². The molecular formula is C20H15N3O6. The fourth-order valence-corrected chi connectivity index (χ4v) is 3.14. The molecule has 2 aromatic carbocycles. The fraction of sp³-hybridized carbons (Fsp3) is 0.150. The van der Waals surface area contributed by atoms with Crippen LogP contribution in [0.15, 0.2) is 60.8 Å². The zero-order valence-corrected chi connectivity index (χ0v) is 15.1. The molecule has 0 radical (unpaired) electrons. The summed E-state index contributed by atoms with van der Waals surface area (Å²) in [4.78, 5) is 24.5. The summed E-state index contributed by atoms with van der Waals surface area (Å²) in [7, 11) is 0. The van der Waals surface area contributed by atoms with Crippen LogP contribution in [0.1, 0.15) is 23.7 Å². The van der Waals surface area contributed by atoms with Gasteiger partial charge >= 0.3 is 0 Å². The van der Waals surface area contributed by atoms with Gasteiger partial charge in [0.25, 0.3) is 11.4 Å². The van der Waals surface area contributed by atoms with Gasteiger partial charge in [-0.2, -0.15) is 0 Å². The van der Waals surface area contributed by atoms with Gasteiger partial charge in [0.05, 0.1) is 9.85 Å². The molecule has 1 aliphatic rings. The minimum Gasteiger partial charge on any atom is -0.485 e. The smallest absolute Gasteiger partial charge is 0.287 e. The van der Waals surface area contributed by atoms with Gasteiger partial charge in [0, 0.05) is 24.3 Å². The third-order valence-corrected chi connectivity index (χ3v) is 4.61. The van der Waals surface area contributed by atoms with E-state index in [4.69, 9.17) is 9.47 Å². The van der Waals surface area contributed by atoms with Crippen molar-refractivity contribution in [3.05, 3.63) is 92.1 Å². The van der Waals surface area contributed by atoms with Crippen molar-refractivity contribution in [2.45, 2.75) is 18.9 Å². The summed E-state index contributed by atoms with van der Waals surface area (Å²) < 4.78 is 11.7. The number of fused-ring (bicyclic) bond motifs is 1. The Labute approximate surface area is 164 Å². The Morgan fingerprint density at radius 3 is 2.34 bits per heavy atom. The molecule has 1 unspecified atom stereocenters. The van der Waals surface area contributed by atoms with Crippen LogP contribution in [0.3, 0.4) is 0 Å². The average Bonchev–Trinajstić information content (AvgIpc) is 2.74. The molecule has 9 heteroatoms. The molecule has 1 atom stereocenters. The summed E-state index contributed by atoms with van der Waals surface area (Å²) in [6, 6.07) is 14.5. The number of pyridine rings is 1. The van der Waals surface area contributed by atoms with Crippen LogP contribution >= 0.6 is 0 Å². The van der Waals surface area contributed by atoms with Gasteiger partial charge in [0.15, 0.2) is 0 Å². The number of aryl methyl sites for hydroxylation is 1. The Kier molecular flexibility index (Phi) is 4.78. The summed E-state index contributed by atoms with van der Waals surface area (Å²) in [5.41, 5.74) is 1.80. The van der Waals surface area contributed by atoms with E-state index in [0.29, 0.717) is 5.75 Å². The first-order valence-corrected chi connectivity index (χ1v) is 8.82. The molecule has 0 aliphatic carbocycles. The Hall–Kier alpha value is -4.01. The molecule has 0 saturated heterocycles. The Balaban J connectivity index is 1.46. The van der Waals surface area contributed by atoms with Crippen molar-refractivity contribution in [3.63, 3.8) is 0 Å². The maximum atomic E-state index is 10.8. The molecule has 1 aromatic heterocycles. The van der Waals surface area contributed by atoms with Crippen LogP contribution in [0, 0.1) is 20.2 Å². The highest BCUT2D eigenvalue weighted by atomic mass is 16.6. The number of nitro groups is 2. The van der Waals surface area contributed by atoms with Crippen LogP contribution in [-0.2, 0) is 6.42 Å². The summed E-state index contributed by atoms with van der Waals surface area (Å²) in [6.45, 7) is 0. The lowest BCUT2D eigenvalue weighted by Gasteiger charge is -2.26. The number of rotatable bonds is 5. The lowest BCUT2D eigenvalue weighted by molar-refractivity contribution is -0.385. The second-order valence-electron chi connectivity index (χ2n) is 6.48. The molecule has 0 saturated carbocycles. The van der Waals surface area contributed by atoms with Crippen molar-refractivity contribution in [3.8, 4) is 17.4 Å². The van der Waals surface area contributed by atoms with Crippen molar-refractivity contribution in [2.75, 3.05) is 0 Å². The third-order valence-electron chi connectivity index (χ3n) is 4.61. The van der Waals surface area contributed by atoms with E-state index in [1.807, 2.05) is 6.07 Å². The molecular weight excluding hydrogens is 378 g/mol. The average molecular weight is 393 g/mol. The molecule has 9 nitrogen and oxygen atoms in total. The number of hydrogen-bond donors (Lipinski definition) is 0. The minimum absolute atomic E-state index is 0.0478. The molecule has 2 heterocycles. The summed E-state index contributed by atoms with van der Waals surface area (Å²) in [5, 5.41) is 21.5. The van der Waals surface area contributed by atoms with Crippen LogP contribution in [0.2, 0.25) is 0 Å². The molecule has 1 aliphatic heterocycles. The van der Waals surface area contributed by atoms with Crippen molar-refractivity contribution in [2.24, 2.45) is 0 Å². The van der Waals surface area contributed by atoms with Crippen LogP contribution in [0.5, 0.6) is 17.4 Å². The van der Waals surface area contributed by atoms with Gasteiger partial charge in [-0.25, -0.2) is 4.98 Å². The number of nitrogens with zero attached hydrogens (tertiary/aromatic N) is 3. The van der Waals surface area contributed by atoms with E-state index >= 15 is 0 Å². The Morgan fingerprint density at radius 1 is 0.966 bits per heavy atom. The van der Waals surface area contributed by atoms with Crippen LogP contribution in [-0.4, -0.2) is 14.8 Å². The van der Waals surface area contributed by atoms with Gasteiger partial charge in [-0.15, -0.1) is 0 Å². The topological polar surface area (TPSA) is 118 Å². The van der Waals surface area contributed by atoms with Gasteiger partial charge < -0.3 is 9.47 Å². The summed E-state index contributed by atoms with van der Waals surface area (Å²) in [5.74, 6) is 1.54. The van der Waals surface area contributed by atoms with Crippen molar-refractivity contribution in [1.82, 2.24) is 4.98 Å². The van der Waals surface area contributed by atoms with E-state index in [-0.39, 0.29) is 23.4 Å². The molecule has 0 amide bonds. The van der Waals surface area contributed by atoms with Gasteiger partial charge in [0.1, 0.15) is 23.8 Å². The number of benzene rings is 2. The minimum atomic E-state index is -0.519. The molecule has 0 bridgehead atoms. The monoisotopic (exact) mass is 393 g/mol. The predicted octanol–water partition coefficient (Wildman–Crippen LogP) is 4.76. The first kappa shape index (κ1) is 18.4. The van der Waals surface area contributed by atoms with E-state index in [9.17, 15) is 20.2 Å². The SMILES string of the molecule is O=[N+]([O-])c1ccc(C2CCc3cc(Oc4ccc([N+](=O)[O-])cn4)ccc3O2)cc1. The first-order chi connectivity index (χ1) is 14.0. The Bertz CT molecular complexity index is 1070. The second kappa shape index (κ2) is 7.55. The molecule has 0 fully saturated rings. The quantitative estimate of drug-likeness (QED) is 0.453. The highest BCUT2D eigenvalue weighted by molar-refractivity contribution is 5.44. The second-order valence-corrected chi connectivity index (χ2v) is 6.48. The summed E-state index contributed by atoms with van der Waals surface area (Å²) >= 11 is 0. The van der Waals surface area contributed by atoms with Crippen LogP contribution < -0.4 is 9.47 Å². The molecule has 146 valence electrons. The van der Waals surface area contributed by atoms with E-state index in [1.54, 1.807) is 24.3 Å². The fourth-order valence-electron chi connectivity index (χ4n) is 3.14. The van der Waals surface area contributed by atoms with E-state index in [0.717, 1.165) is 35.9 Å². The number of hydrogen-bond acceptors (Lipinski definition) is 7. The molecule has 0 N–H and O–H groups in total. The number of aromatic nitrogens is 1. The molecule has 29 heavy (non-hydrogen) atoms. The maximum Gasteiger partial charge on any atom is 0.287 e. The lowest BCUT2D eigenvalue weighted by Crippen LogP contribution is -2.15. The molecule has 4 rings (SSSR count). The van der Waals surface area contributed by atoms with Crippen molar-refractivity contribution < 1.29 is 19.3 Å². The highest BCUT2D eigenvalue weighted by Crippen LogP contribution is 2.37. The van der Waals surface area contributed by atoms with Crippen LogP contribution in [0.4, 0.5) is 11.4 Å². The van der Waals surface area contributed by atoms with Crippen molar-refractivity contribution in [1.29, 1.82) is 0 Å².